The number of rotatable bonds is 6. The Morgan fingerprint density at radius 1 is 1.47 bits per heavy atom. The van der Waals surface area contributed by atoms with E-state index in [0.717, 1.165) is 6.54 Å². The maximum Gasteiger partial charge on any atom is 0.255 e. The molecule has 0 radical (unpaired) electrons. The molecule has 0 aliphatic carbocycles. The lowest BCUT2D eigenvalue weighted by molar-refractivity contribution is 0.0917. The minimum absolute atomic E-state index is 0.0772. The van der Waals surface area contributed by atoms with E-state index in [1.165, 1.54) is 0 Å². The highest BCUT2D eigenvalue weighted by atomic mass is 16.1. The van der Waals surface area contributed by atoms with Gasteiger partial charge in [-0.25, -0.2) is 10.8 Å². The molecular formula is C13H23N5O. The van der Waals surface area contributed by atoms with E-state index in [0.29, 0.717) is 17.3 Å². The van der Waals surface area contributed by atoms with Gasteiger partial charge in [0.15, 0.2) is 5.82 Å². The molecule has 1 aromatic rings. The molecule has 0 saturated carbocycles. The van der Waals surface area contributed by atoms with Crippen LogP contribution in [0.3, 0.4) is 0 Å². The van der Waals surface area contributed by atoms with Crippen molar-refractivity contribution in [2.45, 2.75) is 19.9 Å². The summed E-state index contributed by atoms with van der Waals surface area (Å²) in [6.45, 7) is 4.95. The Morgan fingerprint density at radius 3 is 2.68 bits per heavy atom. The van der Waals surface area contributed by atoms with Crippen molar-refractivity contribution in [3.63, 3.8) is 0 Å². The van der Waals surface area contributed by atoms with Gasteiger partial charge in [-0.1, -0.05) is 13.8 Å². The molecular weight excluding hydrogens is 242 g/mol. The van der Waals surface area contributed by atoms with E-state index in [1.807, 2.05) is 14.1 Å². The van der Waals surface area contributed by atoms with E-state index >= 15 is 0 Å². The fourth-order valence-electron chi connectivity index (χ4n) is 1.77. The third kappa shape index (κ3) is 4.50. The van der Waals surface area contributed by atoms with Crippen molar-refractivity contribution >= 4 is 11.7 Å². The van der Waals surface area contributed by atoms with Gasteiger partial charge in [0, 0.05) is 18.8 Å². The van der Waals surface area contributed by atoms with Gasteiger partial charge in [-0.05, 0) is 32.1 Å². The SMILES string of the molecule is CC(C)C(CN(C)C)NC(=O)c1cccnc1NN. The van der Waals surface area contributed by atoms with E-state index in [4.69, 9.17) is 5.84 Å². The Labute approximate surface area is 114 Å². The largest absolute Gasteiger partial charge is 0.348 e. The average Bonchev–Trinajstić information content (AvgIpc) is 2.37. The van der Waals surface area contributed by atoms with Gasteiger partial charge >= 0.3 is 0 Å². The molecule has 4 N–H and O–H groups in total. The predicted octanol–water partition coefficient (Wildman–Crippen LogP) is 0.683. The van der Waals surface area contributed by atoms with Crippen LogP contribution in [-0.4, -0.2) is 42.5 Å². The maximum absolute atomic E-state index is 12.3. The number of aromatic nitrogens is 1. The molecule has 6 heteroatoms. The van der Waals surface area contributed by atoms with Crippen molar-refractivity contribution in [2.24, 2.45) is 11.8 Å². The molecule has 0 fully saturated rings. The van der Waals surface area contributed by atoms with E-state index < -0.39 is 0 Å². The Kier molecular flexibility index (Phi) is 5.72. The van der Waals surface area contributed by atoms with E-state index in [1.54, 1.807) is 18.3 Å². The first kappa shape index (κ1) is 15.4. The van der Waals surface area contributed by atoms with Gasteiger partial charge in [0.25, 0.3) is 5.91 Å². The van der Waals surface area contributed by atoms with Gasteiger partial charge in [0.2, 0.25) is 0 Å². The van der Waals surface area contributed by atoms with E-state index in [-0.39, 0.29) is 11.9 Å². The van der Waals surface area contributed by atoms with Crippen molar-refractivity contribution in [3.8, 4) is 0 Å². The molecule has 1 aromatic heterocycles. The van der Waals surface area contributed by atoms with Crippen LogP contribution in [0.4, 0.5) is 5.82 Å². The Hall–Kier alpha value is -1.66. The second-order valence-corrected chi connectivity index (χ2v) is 5.13. The van der Waals surface area contributed by atoms with Gasteiger partial charge in [0.05, 0.1) is 5.56 Å². The Balaban J connectivity index is 2.81. The van der Waals surface area contributed by atoms with Gasteiger partial charge in [-0.15, -0.1) is 0 Å². The normalized spacial score (nSPS) is 12.6. The summed E-state index contributed by atoms with van der Waals surface area (Å²) in [4.78, 5) is 18.3. The number of likely N-dealkylation sites (N-methyl/N-ethyl adjacent to an activating group) is 1. The standard InChI is InChI=1S/C13H23N5O/c1-9(2)11(8-18(3)4)16-13(19)10-6-5-7-15-12(10)17-14/h5-7,9,11H,8,14H2,1-4H3,(H,15,17)(H,16,19). The molecule has 0 saturated heterocycles. The molecule has 0 spiro atoms. The van der Waals surface area contributed by atoms with Crippen molar-refractivity contribution in [2.75, 3.05) is 26.1 Å². The van der Waals surface area contributed by atoms with Crippen LogP contribution in [0.15, 0.2) is 18.3 Å². The molecule has 19 heavy (non-hydrogen) atoms. The number of pyridine rings is 1. The maximum atomic E-state index is 12.3. The molecule has 106 valence electrons. The summed E-state index contributed by atoms with van der Waals surface area (Å²) in [5, 5.41) is 3.02. The third-order valence-corrected chi connectivity index (χ3v) is 2.87. The number of nitrogen functional groups attached to an aromatic ring is 1. The number of anilines is 1. The average molecular weight is 265 g/mol. The van der Waals surface area contributed by atoms with Gasteiger partial charge < -0.3 is 15.6 Å². The van der Waals surface area contributed by atoms with Gasteiger partial charge in [0.1, 0.15) is 0 Å². The molecule has 0 aliphatic heterocycles. The lowest BCUT2D eigenvalue weighted by Crippen LogP contribution is -2.45. The van der Waals surface area contributed by atoms with Crippen LogP contribution in [0.5, 0.6) is 0 Å². The highest BCUT2D eigenvalue weighted by molar-refractivity contribution is 5.98. The van der Waals surface area contributed by atoms with Crippen molar-refractivity contribution in [1.29, 1.82) is 0 Å². The summed E-state index contributed by atoms with van der Waals surface area (Å²) in [6.07, 6.45) is 1.59. The number of nitrogens with zero attached hydrogens (tertiary/aromatic N) is 2. The molecule has 1 unspecified atom stereocenters. The zero-order chi connectivity index (χ0) is 14.4. The second kappa shape index (κ2) is 7.06. The molecule has 1 amide bonds. The Morgan fingerprint density at radius 2 is 2.16 bits per heavy atom. The summed E-state index contributed by atoms with van der Waals surface area (Å²) < 4.78 is 0. The smallest absolute Gasteiger partial charge is 0.255 e. The number of hydrogen-bond donors (Lipinski definition) is 3. The van der Waals surface area contributed by atoms with Crippen molar-refractivity contribution in [1.82, 2.24) is 15.2 Å². The van der Waals surface area contributed by atoms with Crippen LogP contribution in [0.1, 0.15) is 24.2 Å². The molecule has 0 bridgehead atoms. The molecule has 1 rings (SSSR count). The summed E-state index contributed by atoms with van der Waals surface area (Å²) in [7, 11) is 3.97. The molecule has 0 aliphatic rings. The highest BCUT2D eigenvalue weighted by Crippen LogP contribution is 2.11. The van der Waals surface area contributed by atoms with Crippen LogP contribution in [0.2, 0.25) is 0 Å². The van der Waals surface area contributed by atoms with Crippen LogP contribution < -0.4 is 16.6 Å². The molecule has 0 aromatic carbocycles. The highest BCUT2D eigenvalue weighted by Gasteiger charge is 2.19. The van der Waals surface area contributed by atoms with Crippen LogP contribution in [0, 0.1) is 5.92 Å². The first-order chi connectivity index (χ1) is 8.95. The summed E-state index contributed by atoms with van der Waals surface area (Å²) in [6, 6.07) is 3.49. The number of carbonyl (C=O) groups is 1. The number of nitrogens with two attached hydrogens (primary N) is 1. The fraction of sp³-hybridized carbons (Fsp3) is 0.538. The van der Waals surface area contributed by atoms with Gasteiger partial charge in [-0.3, -0.25) is 4.79 Å². The first-order valence-corrected chi connectivity index (χ1v) is 6.33. The molecule has 1 atom stereocenters. The summed E-state index contributed by atoms with van der Waals surface area (Å²) in [5.74, 6) is 5.92. The van der Waals surface area contributed by atoms with Crippen molar-refractivity contribution < 1.29 is 4.79 Å². The third-order valence-electron chi connectivity index (χ3n) is 2.87. The topological polar surface area (TPSA) is 83.3 Å². The zero-order valence-electron chi connectivity index (χ0n) is 12.0. The number of carbonyl (C=O) groups excluding carboxylic acids is 1. The quantitative estimate of drug-likeness (QED) is 0.520. The predicted molar refractivity (Wildman–Crippen MR) is 76.7 cm³/mol. The minimum atomic E-state index is -0.165. The fourth-order valence-corrected chi connectivity index (χ4v) is 1.77. The number of nitrogens with one attached hydrogen (secondary N) is 2. The Bertz CT molecular complexity index is 419. The van der Waals surface area contributed by atoms with E-state index in [9.17, 15) is 4.79 Å². The van der Waals surface area contributed by atoms with Crippen molar-refractivity contribution in [3.05, 3.63) is 23.9 Å². The second-order valence-electron chi connectivity index (χ2n) is 5.13. The van der Waals surface area contributed by atoms with E-state index in [2.05, 4.69) is 34.5 Å². The summed E-state index contributed by atoms with van der Waals surface area (Å²) >= 11 is 0. The number of hydrazine groups is 1. The van der Waals surface area contributed by atoms with Crippen LogP contribution in [0.25, 0.3) is 0 Å². The first-order valence-electron chi connectivity index (χ1n) is 6.33. The summed E-state index contributed by atoms with van der Waals surface area (Å²) in [5.41, 5.74) is 2.89. The number of amides is 1. The molecule has 6 nitrogen and oxygen atoms in total. The van der Waals surface area contributed by atoms with Gasteiger partial charge in [-0.2, -0.15) is 0 Å². The lowest BCUT2D eigenvalue weighted by atomic mass is 10.0. The lowest BCUT2D eigenvalue weighted by Gasteiger charge is -2.25. The van der Waals surface area contributed by atoms with Crippen LogP contribution >= 0.6 is 0 Å². The zero-order valence-corrected chi connectivity index (χ0v) is 12.0. The minimum Gasteiger partial charge on any atom is -0.348 e. The number of hydrogen-bond acceptors (Lipinski definition) is 5. The molecule has 1 heterocycles. The monoisotopic (exact) mass is 265 g/mol. The van der Waals surface area contributed by atoms with Crippen LogP contribution in [-0.2, 0) is 0 Å².